The number of nitrogens with one attached hydrogen (secondary N) is 1. The fourth-order valence-corrected chi connectivity index (χ4v) is 5.31. The van der Waals surface area contributed by atoms with Crippen molar-refractivity contribution in [1.82, 2.24) is 19.7 Å². The maximum Gasteiger partial charge on any atom is 0.387 e. The van der Waals surface area contributed by atoms with E-state index >= 15 is 0 Å². The lowest BCUT2D eigenvalue weighted by atomic mass is 9.77. The van der Waals surface area contributed by atoms with Crippen molar-refractivity contribution in [3.8, 4) is 11.4 Å². The van der Waals surface area contributed by atoms with Crippen molar-refractivity contribution in [2.75, 3.05) is 0 Å². The number of ether oxygens (including phenoxy) is 1. The molecule has 3 heterocycles. The van der Waals surface area contributed by atoms with Crippen LogP contribution in [0.4, 0.5) is 13.2 Å². The number of carboxylic acids is 1. The number of H-pyrrole nitrogens is 1. The molecule has 1 saturated carbocycles. The highest BCUT2D eigenvalue weighted by atomic mass is 19.3. The molecule has 0 atom stereocenters. The van der Waals surface area contributed by atoms with Crippen LogP contribution in [0, 0.1) is 11.7 Å². The fraction of sp³-hybridized carbons (Fsp3) is 0.400. The van der Waals surface area contributed by atoms with E-state index < -0.39 is 24.1 Å². The Morgan fingerprint density at radius 1 is 1.20 bits per heavy atom. The van der Waals surface area contributed by atoms with E-state index in [1.54, 1.807) is 6.20 Å². The van der Waals surface area contributed by atoms with Gasteiger partial charge in [-0.1, -0.05) is 13.8 Å². The lowest BCUT2D eigenvalue weighted by Crippen LogP contribution is -2.21. The zero-order valence-electron chi connectivity index (χ0n) is 19.3. The first-order chi connectivity index (χ1) is 16.7. The summed E-state index contributed by atoms with van der Waals surface area (Å²) in [6.45, 7) is 0.910. The fourth-order valence-electron chi connectivity index (χ4n) is 5.31. The first kappa shape index (κ1) is 23.2. The smallest absolute Gasteiger partial charge is 0.387 e. The zero-order chi connectivity index (χ0) is 24.9. The van der Waals surface area contributed by atoms with Gasteiger partial charge in [-0.15, -0.1) is 0 Å². The molecule has 0 radical (unpaired) electrons. The molecule has 1 fully saturated rings. The number of benzene rings is 1. The van der Waals surface area contributed by atoms with Gasteiger partial charge in [-0.2, -0.15) is 13.9 Å². The molecule has 5 rings (SSSR count). The predicted molar refractivity (Wildman–Crippen MR) is 124 cm³/mol. The molecule has 0 spiro atoms. The second-order valence-corrected chi connectivity index (χ2v) is 9.33. The van der Waals surface area contributed by atoms with Gasteiger partial charge in [0.15, 0.2) is 17.2 Å². The number of hydrogen-bond acceptors (Lipinski definition) is 4. The minimum atomic E-state index is -3.15. The first-order valence-electron chi connectivity index (χ1n) is 11.6. The quantitative estimate of drug-likeness (QED) is 0.342. The maximum absolute atomic E-state index is 14.2. The number of aliphatic carboxylic acids is 1. The lowest BCUT2D eigenvalue weighted by molar-refractivity contribution is -0.142. The van der Waals surface area contributed by atoms with Gasteiger partial charge in [0.1, 0.15) is 0 Å². The Balaban J connectivity index is 1.75. The van der Waals surface area contributed by atoms with E-state index in [1.165, 1.54) is 12.1 Å². The molecular weight excluding hydrogens is 461 g/mol. The summed E-state index contributed by atoms with van der Waals surface area (Å²) in [4.78, 5) is 16.4. The van der Waals surface area contributed by atoms with E-state index in [-0.39, 0.29) is 17.8 Å². The third kappa shape index (κ3) is 4.11. The number of alkyl halides is 2. The van der Waals surface area contributed by atoms with Crippen LogP contribution < -0.4 is 4.74 Å². The van der Waals surface area contributed by atoms with Gasteiger partial charge in [-0.25, -0.2) is 9.37 Å². The molecule has 0 aliphatic heterocycles. The van der Waals surface area contributed by atoms with E-state index in [9.17, 15) is 23.1 Å². The topological polar surface area (TPSA) is 93.0 Å². The molecule has 0 saturated heterocycles. The average molecular weight is 486 g/mol. The predicted octanol–water partition coefficient (Wildman–Crippen LogP) is 6.12. The molecule has 1 aromatic carbocycles. The molecule has 3 aromatic heterocycles. The number of pyridine rings is 1. The lowest BCUT2D eigenvalue weighted by Gasteiger charge is -2.28. The number of carbonyl (C=O) groups is 1. The van der Waals surface area contributed by atoms with Gasteiger partial charge in [0.2, 0.25) is 0 Å². The molecule has 7 nitrogen and oxygen atoms in total. The number of fused-ring (bicyclic) bond motifs is 2. The Morgan fingerprint density at radius 2 is 1.94 bits per heavy atom. The van der Waals surface area contributed by atoms with Crippen molar-refractivity contribution in [2.45, 2.75) is 58.0 Å². The molecule has 0 bridgehead atoms. The second-order valence-electron chi connectivity index (χ2n) is 9.33. The Morgan fingerprint density at radius 3 is 2.60 bits per heavy atom. The molecule has 35 heavy (non-hydrogen) atoms. The van der Waals surface area contributed by atoms with Crippen molar-refractivity contribution in [3.05, 3.63) is 47.5 Å². The number of nitrogens with zero attached hydrogens (tertiary/aromatic N) is 3. The Kier molecular flexibility index (Phi) is 5.90. The van der Waals surface area contributed by atoms with Crippen molar-refractivity contribution >= 4 is 28.0 Å². The summed E-state index contributed by atoms with van der Waals surface area (Å²) < 4.78 is 46.4. The number of rotatable bonds is 6. The Labute approximate surface area is 198 Å². The van der Waals surface area contributed by atoms with Gasteiger partial charge < -0.3 is 14.4 Å². The van der Waals surface area contributed by atoms with E-state index in [0.29, 0.717) is 37.0 Å². The van der Waals surface area contributed by atoms with Crippen molar-refractivity contribution in [1.29, 1.82) is 0 Å². The van der Waals surface area contributed by atoms with Gasteiger partial charge in [-0.3, -0.25) is 9.89 Å². The summed E-state index contributed by atoms with van der Waals surface area (Å²) in [5.74, 6) is -2.45. The van der Waals surface area contributed by atoms with Crippen molar-refractivity contribution in [3.63, 3.8) is 0 Å². The summed E-state index contributed by atoms with van der Waals surface area (Å²) in [6, 6.07) is 5.85. The van der Waals surface area contributed by atoms with E-state index in [4.69, 9.17) is 4.98 Å². The van der Waals surface area contributed by atoms with E-state index in [2.05, 4.69) is 14.9 Å². The van der Waals surface area contributed by atoms with Crippen molar-refractivity contribution < 1.29 is 27.8 Å². The zero-order valence-corrected chi connectivity index (χ0v) is 19.3. The van der Waals surface area contributed by atoms with Crippen LogP contribution in [0.5, 0.6) is 5.75 Å². The largest absolute Gasteiger partial charge is 0.481 e. The summed E-state index contributed by atoms with van der Waals surface area (Å²) >= 11 is 0. The Hall–Kier alpha value is -3.56. The minimum absolute atomic E-state index is 0.0115. The molecule has 10 heteroatoms. The highest BCUT2D eigenvalue weighted by molar-refractivity contribution is 5.93. The van der Waals surface area contributed by atoms with E-state index in [0.717, 1.165) is 33.7 Å². The highest BCUT2D eigenvalue weighted by Crippen LogP contribution is 2.45. The van der Waals surface area contributed by atoms with Crippen LogP contribution in [-0.4, -0.2) is 37.4 Å². The number of carboxylic acid groups (broad SMARTS) is 1. The summed E-state index contributed by atoms with van der Waals surface area (Å²) in [5, 5.41) is 17.2. The molecule has 0 amide bonds. The first-order valence-corrected chi connectivity index (χ1v) is 11.6. The number of halogens is 3. The summed E-state index contributed by atoms with van der Waals surface area (Å²) in [5.41, 5.74) is 4.52. The van der Waals surface area contributed by atoms with E-state index in [1.807, 2.05) is 24.5 Å². The summed E-state index contributed by atoms with van der Waals surface area (Å²) in [7, 11) is 0. The monoisotopic (exact) mass is 486 g/mol. The third-order valence-electron chi connectivity index (χ3n) is 6.84. The van der Waals surface area contributed by atoms with Gasteiger partial charge in [0, 0.05) is 28.4 Å². The average Bonchev–Trinajstić information content (AvgIpc) is 3.40. The van der Waals surface area contributed by atoms with Gasteiger partial charge in [0.25, 0.3) is 0 Å². The van der Waals surface area contributed by atoms with Crippen LogP contribution in [-0.2, 0) is 4.79 Å². The molecular formula is C25H25F3N4O3. The molecule has 4 aromatic rings. The standard InChI is InChI=1S/C25H25F3N4O3/c1-12(2)22-20(13-3-5-14(6-4-13)24(33)34)21-18(9-15-11-29-31-23(15)30-21)32(22)16-7-8-17(26)19(10-16)35-25(27)28/h7-14,25H,3-6H2,1-2H3,(H,33,34)(H,29,30,31). The number of aromatic amines is 1. The SMILES string of the molecule is CC(C)c1c(C2CCC(C(=O)O)CC2)c2nc3[nH]ncc3cc2n1-c1ccc(F)c(OC(F)F)c1. The Bertz CT molecular complexity index is 1400. The van der Waals surface area contributed by atoms with Crippen LogP contribution in [0.15, 0.2) is 30.5 Å². The maximum atomic E-state index is 14.2. The van der Waals surface area contributed by atoms with Gasteiger partial charge in [-0.05, 0) is 55.7 Å². The highest BCUT2D eigenvalue weighted by Gasteiger charge is 2.33. The van der Waals surface area contributed by atoms with Crippen LogP contribution in [0.2, 0.25) is 0 Å². The van der Waals surface area contributed by atoms with Gasteiger partial charge >= 0.3 is 12.6 Å². The van der Waals surface area contributed by atoms with Crippen LogP contribution in [0.1, 0.15) is 62.6 Å². The van der Waals surface area contributed by atoms with Gasteiger partial charge in [0.05, 0.1) is 23.1 Å². The number of hydrogen-bond donors (Lipinski definition) is 2. The minimum Gasteiger partial charge on any atom is -0.481 e. The van der Waals surface area contributed by atoms with Crippen LogP contribution in [0.3, 0.4) is 0 Å². The number of aromatic nitrogens is 4. The third-order valence-corrected chi connectivity index (χ3v) is 6.84. The molecule has 1 aliphatic rings. The second kappa shape index (κ2) is 8.90. The molecule has 1 aliphatic carbocycles. The molecule has 184 valence electrons. The molecule has 2 N–H and O–H groups in total. The summed E-state index contributed by atoms with van der Waals surface area (Å²) in [6.07, 6.45) is 4.18. The normalized spacial score (nSPS) is 18.7. The van der Waals surface area contributed by atoms with Crippen molar-refractivity contribution in [2.24, 2.45) is 5.92 Å². The van der Waals surface area contributed by atoms with Crippen LogP contribution >= 0.6 is 0 Å². The van der Waals surface area contributed by atoms with Crippen LogP contribution in [0.25, 0.3) is 27.8 Å². The molecule has 0 unspecified atom stereocenters.